The number of hydrogen-bond acceptors (Lipinski definition) is 5. The molecule has 0 spiro atoms. The van der Waals surface area contributed by atoms with E-state index in [0.29, 0.717) is 46.2 Å². The van der Waals surface area contributed by atoms with E-state index in [1.807, 2.05) is 7.05 Å². The lowest BCUT2D eigenvalue weighted by Crippen LogP contribution is -2.40. The largest absolute Gasteiger partial charge is 0.378 e. The van der Waals surface area contributed by atoms with Gasteiger partial charge in [-0.15, -0.1) is 0 Å². The molecule has 2 N–H and O–H groups in total. The Morgan fingerprint density at radius 3 is 2.20 bits per heavy atom. The lowest BCUT2D eigenvalue weighted by atomic mass is 9.78. The highest BCUT2D eigenvalue weighted by molar-refractivity contribution is 5.82. The molecule has 0 fully saturated rings. The molecule has 146 valence electrons. The molecule has 0 aromatic carbocycles. The summed E-state index contributed by atoms with van der Waals surface area (Å²) in [5.41, 5.74) is -0.249. The maximum Gasteiger partial charge on any atom is 0.226 e. The Kier molecular flexibility index (Phi) is 12.6. The quantitative estimate of drug-likeness (QED) is 0.390. The first-order valence-corrected chi connectivity index (χ1v) is 9.50. The topological polar surface area (TPSA) is 68.8 Å². The molecule has 1 rings (SSSR count). The van der Waals surface area contributed by atoms with Gasteiger partial charge in [-0.05, 0) is 39.2 Å². The highest BCUT2D eigenvalue weighted by Gasteiger charge is 2.31. The van der Waals surface area contributed by atoms with Crippen LogP contribution >= 0.6 is 0 Å². The predicted octanol–water partition coefficient (Wildman–Crippen LogP) is 1.90. The van der Waals surface area contributed by atoms with Gasteiger partial charge in [0.15, 0.2) is 0 Å². The number of likely N-dealkylation sites (N-methyl/N-ethyl adjacent to an activating group) is 1. The number of carbonyl (C=O) groups is 1. The fraction of sp³-hybridized carbons (Fsp3) is 0.842. The minimum absolute atomic E-state index is 0.154. The van der Waals surface area contributed by atoms with E-state index in [1.54, 1.807) is 0 Å². The normalized spacial score (nSPS) is 22.2. The van der Waals surface area contributed by atoms with Gasteiger partial charge in [0.05, 0.1) is 39.6 Å². The van der Waals surface area contributed by atoms with Gasteiger partial charge >= 0.3 is 0 Å². The second kappa shape index (κ2) is 14.2. The van der Waals surface area contributed by atoms with Crippen LogP contribution in [0.1, 0.15) is 39.0 Å². The summed E-state index contributed by atoms with van der Waals surface area (Å²) < 4.78 is 16.3. The van der Waals surface area contributed by atoms with E-state index in [2.05, 4.69) is 29.7 Å². The molecule has 0 heterocycles. The van der Waals surface area contributed by atoms with Gasteiger partial charge in [-0.1, -0.05) is 19.1 Å². The molecule has 1 aliphatic carbocycles. The Bertz CT molecular complexity index is 376. The molecule has 0 saturated carbocycles. The van der Waals surface area contributed by atoms with Crippen molar-refractivity contribution in [2.24, 2.45) is 5.41 Å². The summed E-state index contributed by atoms with van der Waals surface area (Å²) in [6.07, 6.45) is 9.42. The lowest BCUT2D eigenvalue weighted by Gasteiger charge is -2.29. The molecule has 1 aliphatic rings. The number of amides is 1. The monoisotopic (exact) mass is 356 g/mol. The first-order chi connectivity index (χ1) is 12.2. The molecule has 25 heavy (non-hydrogen) atoms. The first kappa shape index (κ1) is 22.1. The number of ether oxygens (including phenoxy) is 3. The lowest BCUT2D eigenvalue weighted by molar-refractivity contribution is -0.131. The number of nitrogens with one attached hydrogen (secondary N) is 2. The summed E-state index contributed by atoms with van der Waals surface area (Å²) in [6, 6.07) is 0. The van der Waals surface area contributed by atoms with Crippen molar-refractivity contribution >= 4 is 5.91 Å². The molecular formula is C19H36N2O4. The molecule has 0 bridgehead atoms. The third-order valence-corrected chi connectivity index (χ3v) is 4.45. The van der Waals surface area contributed by atoms with Gasteiger partial charge in [-0.2, -0.15) is 0 Å². The summed E-state index contributed by atoms with van der Waals surface area (Å²) >= 11 is 0. The van der Waals surface area contributed by atoms with E-state index in [9.17, 15) is 4.79 Å². The fourth-order valence-electron chi connectivity index (χ4n) is 2.77. The zero-order chi connectivity index (χ0) is 18.2. The highest BCUT2D eigenvalue weighted by Crippen LogP contribution is 2.31. The van der Waals surface area contributed by atoms with Crippen LogP contribution in [-0.4, -0.2) is 65.7 Å². The minimum atomic E-state index is -0.249. The fourth-order valence-corrected chi connectivity index (χ4v) is 2.77. The van der Waals surface area contributed by atoms with E-state index in [4.69, 9.17) is 14.2 Å². The Hall–Kier alpha value is -0.950. The SMILES string of the molecule is CNCCOCCOCCOCCNC(=O)[C@]1(C)CC/C=C/CCC1. The molecule has 0 aliphatic heterocycles. The van der Waals surface area contributed by atoms with Crippen molar-refractivity contribution < 1.29 is 19.0 Å². The third kappa shape index (κ3) is 10.6. The summed E-state index contributed by atoms with van der Waals surface area (Å²) in [7, 11) is 1.90. The molecule has 1 amide bonds. The van der Waals surface area contributed by atoms with Crippen LogP contribution in [0.5, 0.6) is 0 Å². The zero-order valence-corrected chi connectivity index (χ0v) is 16.0. The molecule has 0 saturated heterocycles. The van der Waals surface area contributed by atoms with Crippen molar-refractivity contribution in [3.63, 3.8) is 0 Å². The summed E-state index contributed by atoms with van der Waals surface area (Å²) in [6.45, 7) is 6.97. The van der Waals surface area contributed by atoms with Crippen molar-refractivity contribution in [1.82, 2.24) is 10.6 Å². The van der Waals surface area contributed by atoms with E-state index in [0.717, 1.165) is 38.6 Å². The predicted molar refractivity (Wildman–Crippen MR) is 99.7 cm³/mol. The van der Waals surface area contributed by atoms with Crippen LogP contribution in [0, 0.1) is 5.41 Å². The Morgan fingerprint density at radius 1 is 0.920 bits per heavy atom. The van der Waals surface area contributed by atoms with Gasteiger partial charge in [0.2, 0.25) is 5.91 Å². The average molecular weight is 357 g/mol. The van der Waals surface area contributed by atoms with Crippen molar-refractivity contribution in [1.29, 1.82) is 0 Å². The first-order valence-electron chi connectivity index (χ1n) is 9.50. The second-order valence-electron chi connectivity index (χ2n) is 6.66. The van der Waals surface area contributed by atoms with Crippen LogP contribution in [0.15, 0.2) is 12.2 Å². The standard InChI is InChI=1S/C19H36N2O4/c1-19(8-6-4-3-5-7-9-19)18(22)21-11-13-24-15-17-25-16-14-23-12-10-20-2/h3-4,20H,5-17H2,1-2H3,(H,21,22)/b4-3+/t19-/m1/s1. The van der Waals surface area contributed by atoms with E-state index < -0.39 is 0 Å². The maximum atomic E-state index is 12.4. The van der Waals surface area contributed by atoms with Gasteiger partial charge in [0.25, 0.3) is 0 Å². The van der Waals surface area contributed by atoms with Crippen molar-refractivity contribution in [2.45, 2.75) is 39.0 Å². The smallest absolute Gasteiger partial charge is 0.226 e. The minimum Gasteiger partial charge on any atom is -0.378 e. The molecule has 1 atom stereocenters. The molecule has 6 nitrogen and oxygen atoms in total. The summed E-state index contributed by atoms with van der Waals surface area (Å²) in [5.74, 6) is 0.154. The van der Waals surface area contributed by atoms with Crippen molar-refractivity contribution in [2.75, 3.05) is 59.8 Å². The molecule has 0 radical (unpaired) electrons. The third-order valence-electron chi connectivity index (χ3n) is 4.45. The van der Waals surface area contributed by atoms with Gasteiger partial charge in [0, 0.05) is 18.5 Å². The summed E-state index contributed by atoms with van der Waals surface area (Å²) in [5, 5.41) is 6.03. The van der Waals surface area contributed by atoms with Crippen molar-refractivity contribution in [3.05, 3.63) is 12.2 Å². The van der Waals surface area contributed by atoms with E-state index in [1.165, 1.54) is 0 Å². The van der Waals surface area contributed by atoms with Crippen LogP contribution in [0.25, 0.3) is 0 Å². The average Bonchev–Trinajstić information content (AvgIpc) is 2.59. The Labute approximate surface area is 152 Å². The molecular weight excluding hydrogens is 320 g/mol. The Morgan fingerprint density at radius 2 is 1.52 bits per heavy atom. The summed E-state index contributed by atoms with van der Waals surface area (Å²) in [4.78, 5) is 12.4. The second-order valence-corrected chi connectivity index (χ2v) is 6.66. The molecule has 0 unspecified atom stereocenters. The van der Waals surface area contributed by atoms with Crippen LogP contribution in [0.3, 0.4) is 0 Å². The van der Waals surface area contributed by atoms with Gasteiger partial charge in [-0.25, -0.2) is 0 Å². The number of rotatable bonds is 13. The Balaban J connectivity index is 1.96. The molecule has 0 aromatic rings. The van der Waals surface area contributed by atoms with Gasteiger partial charge in [-0.3, -0.25) is 4.79 Å². The van der Waals surface area contributed by atoms with Crippen LogP contribution in [0.4, 0.5) is 0 Å². The zero-order valence-electron chi connectivity index (χ0n) is 16.0. The van der Waals surface area contributed by atoms with Crippen LogP contribution in [0.2, 0.25) is 0 Å². The maximum absolute atomic E-state index is 12.4. The van der Waals surface area contributed by atoms with E-state index >= 15 is 0 Å². The van der Waals surface area contributed by atoms with Gasteiger partial charge < -0.3 is 24.8 Å². The van der Waals surface area contributed by atoms with Gasteiger partial charge in [0.1, 0.15) is 0 Å². The molecule has 0 aromatic heterocycles. The van der Waals surface area contributed by atoms with Crippen LogP contribution < -0.4 is 10.6 Å². The molecule has 6 heteroatoms. The number of carbonyl (C=O) groups excluding carboxylic acids is 1. The van der Waals surface area contributed by atoms with Crippen molar-refractivity contribution in [3.8, 4) is 0 Å². The number of allylic oxidation sites excluding steroid dienone is 2. The number of hydrogen-bond donors (Lipinski definition) is 2. The van der Waals surface area contributed by atoms with E-state index in [-0.39, 0.29) is 11.3 Å². The highest BCUT2D eigenvalue weighted by atomic mass is 16.5. The van der Waals surface area contributed by atoms with Crippen LogP contribution in [-0.2, 0) is 19.0 Å².